The fourth-order valence-corrected chi connectivity index (χ4v) is 7.58. The van der Waals surface area contributed by atoms with Gasteiger partial charge < -0.3 is 9.67 Å². The second-order valence-electron chi connectivity index (χ2n) is 13.0. The number of fused-ring (bicyclic) bond motifs is 4. The molecule has 2 aliphatic carbocycles. The second-order valence-corrected chi connectivity index (χ2v) is 13.4. The third-order valence-electron chi connectivity index (χ3n) is 9.97. The molecule has 2 heterocycles. The van der Waals surface area contributed by atoms with Gasteiger partial charge in [-0.3, -0.25) is 14.7 Å². The third-order valence-corrected chi connectivity index (χ3v) is 10.4. The van der Waals surface area contributed by atoms with E-state index in [1.165, 1.54) is 16.4 Å². The SMILES string of the molecule is CCn1c2ccccc2c2cc(C3C(C)=C(Cl)C=CC3(CC3CC3)C(=O)C(=O)c3ccccc3)ccc21.O=C(O)c1ccc2[nH]ncc2c1. The molecule has 2 N–H and O–H groups in total. The van der Waals surface area contributed by atoms with Crippen molar-refractivity contribution in [1.29, 1.82) is 0 Å². The second kappa shape index (κ2) is 13.0. The van der Waals surface area contributed by atoms with E-state index in [9.17, 15) is 14.4 Å². The van der Waals surface area contributed by atoms with Gasteiger partial charge in [0.1, 0.15) is 0 Å². The van der Waals surface area contributed by atoms with E-state index in [2.05, 4.69) is 64.2 Å². The highest BCUT2D eigenvalue weighted by atomic mass is 35.5. The number of hydrogen-bond donors (Lipinski definition) is 2. The number of aromatic amines is 1. The van der Waals surface area contributed by atoms with Crippen LogP contribution in [0.15, 0.2) is 120 Å². The zero-order valence-electron chi connectivity index (χ0n) is 27.3. The number of para-hydroxylation sites is 1. The normalized spacial score (nSPS) is 18.9. The predicted octanol–water partition coefficient (Wildman–Crippen LogP) is 9.48. The average molecular weight is 670 g/mol. The summed E-state index contributed by atoms with van der Waals surface area (Å²) in [5.74, 6) is -1.55. The quantitative estimate of drug-likeness (QED) is 0.124. The van der Waals surface area contributed by atoms with Crippen molar-refractivity contribution in [3.05, 3.63) is 137 Å². The van der Waals surface area contributed by atoms with Crippen LogP contribution in [0.2, 0.25) is 0 Å². The molecule has 7 nitrogen and oxygen atoms in total. The number of rotatable bonds is 8. The lowest BCUT2D eigenvalue weighted by Gasteiger charge is -2.41. The number of carbonyl (C=O) groups excluding carboxylic acids is 2. The van der Waals surface area contributed by atoms with Crippen molar-refractivity contribution in [2.75, 3.05) is 0 Å². The van der Waals surface area contributed by atoms with E-state index in [1.807, 2.05) is 37.3 Å². The van der Waals surface area contributed by atoms with Crippen LogP contribution >= 0.6 is 11.6 Å². The van der Waals surface area contributed by atoms with Crippen molar-refractivity contribution >= 4 is 61.8 Å². The number of H-pyrrole nitrogens is 1. The summed E-state index contributed by atoms with van der Waals surface area (Å²) in [4.78, 5) is 38.4. The maximum Gasteiger partial charge on any atom is 0.335 e. The standard InChI is InChI=1S/C33H30ClNO2.C8H6N2O2/c1-3-35-28-12-8-7-11-25(28)26-19-24(15-16-29(26)35)30-21(2)27(34)17-18-33(30,20-22-13-14-22)32(37)31(36)23-9-5-4-6-10-23;11-8(12)5-1-2-7-6(3-5)4-9-10-7/h4-12,15-19,22,30H,3,13-14,20H2,1-2H3;1-4H,(H,9,10)(H,11,12). The minimum atomic E-state index is -0.965. The Labute approximate surface area is 288 Å². The topological polar surface area (TPSA) is 105 Å². The molecule has 49 heavy (non-hydrogen) atoms. The molecule has 1 fully saturated rings. The Hall–Kier alpha value is -5.27. The molecule has 246 valence electrons. The van der Waals surface area contributed by atoms with Gasteiger partial charge in [-0.15, -0.1) is 0 Å². The molecule has 0 radical (unpaired) electrons. The first-order valence-electron chi connectivity index (χ1n) is 16.6. The molecule has 6 aromatic rings. The number of halogens is 1. The van der Waals surface area contributed by atoms with Gasteiger partial charge in [0.25, 0.3) is 0 Å². The number of nitrogens with zero attached hydrogens (tertiary/aromatic N) is 2. The summed E-state index contributed by atoms with van der Waals surface area (Å²) in [7, 11) is 0. The van der Waals surface area contributed by atoms with Crippen LogP contribution in [0, 0.1) is 11.3 Å². The van der Waals surface area contributed by atoms with Crippen molar-refractivity contribution in [3.8, 4) is 0 Å². The van der Waals surface area contributed by atoms with Gasteiger partial charge in [0.05, 0.1) is 22.7 Å². The van der Waals surface area contributed by atoms with Crippen LogP contribution in [-0.4, -0.2) is 37.4 Å². The number of benzene rings is 4. The molecular weight excluding hydrogens is 634 g/mol. The number of aryl methyl sites for hydroxylation is 1. The average Bonchev–Trinajstić information content (AvgIpc) is 3.71. The van der Waals surface area contributed by atoms with Gasteiger partial charge in [-0.1, -0.05) is 85.1 Å². The number of nitrogens with one attached hydrogen (secondary N) is 1. The Kier molecular flexibility index (Phi) is 8.55. The first-order chi connectivity index (χ1) is 23.7. The number of Topliss-reactive ketones (excluding diaryl/α,β-unsaturated/α-hetero) is 2. The van der Waals surface area contributed by atoms with E-state index in [0.29, 0.717) is 22.9 Å². The highest BCUT2D eigenvalue weighted by Crippen LogP contribution is 2.55. The lowest BCUT2D eigenvalue weighted by molar-refractivity contribution is -0.123. The summed E-state index contributed by atoms with van der Waals surface area (Å²) in [6.45, 7) is 5.04. The van der Waals surface area contributed by atoms with Gasteiger partial charge in [-0.2, -0.15) is 5.10 Å². The number of hydrogen-bond acceptors (Lipinski definition) is 4. The van der Waals surface area contributed by atoms with Crippen LogP contribution in [-0.2, 0) is 11.3 Å². The maximum atomic E-state index is 14.3. The summed E-state index contributed by atoms with van der Waals surface area (Å²) in [5.41, 5.74) is 4.95. The van der Waals surface area contributed by atoms with Gasteiger partial charge in [0.15, 0.2) is 0 Å². The molecule has 0 aliphatic heterocycles. The fraction of sp³-hybridized carbons (Fsp3) is 0.220. The maximum absolute atomic E-state index is 14.3. The van der Waals surface area contributed by atoms with Gasteiger partial charge in [0, 0.05) is 50.3 Å². The number of ketones is 2. The molecule has 2 unspecified atom stereocenters. The summed E-state index contributed by atoms with van der Waals surface area (Å²) >= 11 is 6.72. The number of carbonyl (C=O) groups is 3. The minimum absolute atomic E-state index is 0.281. The zero-order chi connectivity index (χ0) is 34.3. The lowest BCUT2D eigenvalue weighted by atomic mass is 9.60. The van der Waals surface area contributed by atoms with E-state index in [1.54, 1.807) is 36.5 Å². The molecule has 8 heteroatoms. The highest BCUT2D eigenvalue weighted by Gasteiger charge is 2.51. The highest BCUT2D eigenvalue weighted by molar-refractivity contribution is 6.46. The summed E-state index contributed by atoms with van der Waals surface area (Å²) < 4.78 is 2.33. The Morgan fingerprint density at radius 3 is 2.39 bits per heavy atom. The van der Waals surface area contributed by atoms with Crippen molar-refractivity contribution in [3.63, 3.8) is 0 Å². The van der Waals surface area contributed by atoms with Gasteiger partial charge >= 0.3 is 5.97 Å². The molecular formula is C41H36ClN3O4. The molecule has 8 rings (SSSR count). The first kappa shape index (κ1) is 32.3. The smallest absolute Gasteiger partial charge is 0.335 e. The molecule has 0 bridgehead atoms. The Morgan fingerprint density at radius 1 is 0.918 bits per heavy atom. The van der Waals surface area contributed by atoms with Crippen LogP contribution in [0.3, 0.4) is 0 Å². The third kappa shape index (κ3) is 5.89. The van der Waals surface area contributed by atoms with E-state index in [-0.39, 0.29) is 17.3 Å². The van der Waals surface area contributed by atoms with E-state index in [0.717, 1.165) is 46.8 Å². The lowest BCUT2D eigenvalue weighted by Crippen LogP contribution is -2.42. The predicted molar refractivity (Wildman–Crippen MR) is 194 cm³/mol. The van der Waals surface area contributed by atoms with Crippen molar-refractivity contribution < 1.29 is 19.5 Å². The van der Waals surface area contributed by atoms with Crippen LogP contribution in [0.4, 0.5) is 0 Å². The monoisotopic (exact) mass is 669 g/mol. The molecule has 4 aromatic carbocycles. The Balaban J connectivity index is 0.000000265. The zero-order valence-corrected chi connectivity index (χ0v) is 28.1. The van der Waals surface area contributed by atoms with E-state index >= 15 is 0 Å². The molecule has 0 saturated heterocycles. The van der Waals surface area contributed by atoms with E-state index in [4.69, 9.17) is 16.7 Å². The van der Waals surface area contributed by atoms with Crippen LogP contribution < -0.4 is 0 Å². The van der Waals surface area contributed by atoms with Crippen LogP contribution in [0.25, 0.3) is 32.7 Å². The fourth-order valence-electron chi connectivity index (χ4n) is 7.41. The number of carboxylic acid groups (broad SMARTS) is 1. The first-order valence-corrected chi connectivity index (χ1v) is 17.0. The molecule has 0 amide bonds. The number of carboxylic acids is 1. The van der Waals surface area contributed by atoms with Crippen molar-refractivity contribution in [2.45, 2.75) is 45.6 Å². The molecule has 0 spiro atoms. The summed E-state index contributed by atoms with van der Waals surface area (Å²) in [5, 5.41) is 19.0. The Morgan fingerprint density at radius 2 is 1.65 bits per heavy atom. The number of aromatic nitrogens is 3. The van der Waals surface area contributed by atoms with Crippen LogP contribution in [0.5, 0.6) is 0 Å². The summed E-state index contributed by atoms with van der Waals surface area (Å²) in [6.07, 6.45) is 8.22. The van der Waals surface area contributed by atoms with Gasteiger partial charge in [0.2, 0.25) is 11.6 Å². The minimum Gasteiger partial charge on any atom is -0.478 e. The number of aromatic carboxylic acids is 1. The van der Waals surface area contributed by atoms with Crippen molar-refractivity contribution in [2.24, 2.45) is 11.3 Å². The van der Waals surface area contributed by atoms with Crippen LogP contribution in [0.1, 0.15) is 65.3 Å². The largest absolute Gasteiger partial charge is 0.478 e. The van der Waals surface area contributed by atoms with E-state index < -0.39 is 17.2 Å². The van der Waals surface area contributed by atoms with Gasteiger partial charge in [-0.25, -0.2) is 4.79 Å². The molecule has 2 aliphatic rings. The van der Waals surface area contributed by atoms with Gasteiger partial charge in [-0.05, 0) is 79.8 Å². The molecule has 1 saturated carbocycles. The van der Waals surface area contributed by atoms with Crippen molar-refractivity contribution in [1.82, 2.24) is 14.8 Å². The summed E-state index contributed by atoms with van der Waals surface area (Å²) in [6, 6.07) is 28.7. The Bertz CT molecular complexity index is 2310. The number of allylic oxidation sites excluding steroid dienone is 4. The molecule has 2 atom stereocenters. The molecule has 2 aromatic heterocycles.